The van der Waals surface area contributed by atoms with Gasteiger partial charge in [0, 0.05) is 30.4 Å². The van der Waals surface area contributed by atoms with Crippen LogP contribution in [0, 0.1) is 10.1 Å². The van der Waals surface area contributed by atoms with Crippen LogP contribution in [0.1, 0.15) is 49.4 Å². The van der Waals surface area contributed by atoms with Gasteiger partial charge in [-0.1, -0.05) is 55.8 Å². The number of carbonyl (C=O) groups is 3. The van der Waals surface area contributed by atoms with Crippen LogP contribution in [0.3, 0.4) is 0 Å². The molecule has 2 N–H and O–H groups in total. The zero-order valence-electron chi connectivity index (χ0n) is 23.4. The fourth-order valence-corrected chi connectivity index (χ4v) is 4.63. The number of unbranched alkanes of at least 4 members (excludes halogenated alkanes) is 1. The van der Waals surface area contributed by atoms with Crippen molar-refractivity contribution in [1.82, 2.24) is 10.2 Å². The molecule has 1 aliphatic heterocycles. The smallest absolute Gasteiger partial charge is 0.338 e. The molecule has 42 heavy (non-hydrogen) atoms. The number of nitro benzene ring substituents is 1. The molecule has 10 heteroatoms. The molecule has 0 aliphatic carbocycles. The largest absolute Gasteiger partial charge is 0.463 e. The molecule has 3 aromatic carbocycles. The normalized spacial score (nSPS) is 15.0. The van der Waals surface area contributed by atoms with Crippen LogP contribution in [0.5, 0.6) is 0 Å². The number of benzene rings is 3. The topological polar surface area (TPSA) is 131 Å². The summed E-state index contributed by atoms with van der Waals surface area (Å²) in [6, 6.07) is 20.9. The Kier molecular flexibility index (Phi) is 9.83. The van der Waals surface area contributed by atoms with Crippen LogP contribution in [0.2, 0.25) is 0 Å². The molecule has 0 saturated carbocycles. The van der Waals surface area contributed by atoms with E-state index >= 15 is 0 Å². The molecule has 1 atom stereocenters. The fourth-order valence-electron chi connectivity index (χ4n) is 4.63. The summed E-state index contributed by atoms with van der Waals surface area (Å²) in [6.07, 6.45) is 4.48. The average Bonchev–Trinajstić information content (AvgIpc) is 2.99. The van der Waals surface area contributed by atoms with Crippen LogP contribution in [-0.2, 0) is 14.3 Å². The Morgan fingerprint density at radius 2 is 1.79 bits per heavy atom. The number of carbonyl (C=O) groups excluding carboxylic acids is 3. The third-order valence-electron chi connectivity index (χ3n) is 6.62. The molecular weight excluding hydrogens is 536 g/mol. The standard InChI is InChI=1S/C32H32N4O6/c1-3-5-20-35-30(23-10-7-6-8-11-23)28(31(38)42-4-2)29(34-32(35)39)24-12-9-13-25(21-24)33-27(37)19-16-22-14-17-26(18-15-22)36(40)41/h6-19,21,29H,3-5,20H2,1-2H3,(H,33,37)(H,34,39). The first kappa shape index (κ1) is 29.7. The predicted octanol–water partition coefficient (Wildman–Crippen LogP) is 6.09. The Morgan fingerprint density at radius 3 is 2.45 bits per heavy atom. The SMILES string of the molecule is CCCCN1C(=O)NC(c2cccc(NC(=O)C=Cc3ccc([N+](=O)[O-])cc3)c2)C(C(=O)OCC)=C1c1ccccc1. The molecule has 1 heterocycles. The van der Waals surface area contributed by atoms with E-state index in [4.69, 9.17) is 4.74 Å². The second-order valence-corrected chi connectivity index (χ2v) is 9.53. The van der Waals surface area contributed by atoms with Crippen molar-refractivity contribution in [3.63, 3.8) is 0 Å². The molecule has 0 fully saturated rings. The van der Waals surface area contributed by atoms with Crippen molar-refractivity contribution in [3.05, 3.63) is 117 Å². The third-order valence-corrected chi connectivity index (χ3v) is 6.62. The first-order valence-electron chi connectivity index (χ1n) is 13.7. The summed E-state index contributed by atoms with van der Waals surface area (Å²) in [5.74, 6) is -0.960. The van der Waals surface area contributed by atoms with Gasteiger partial charge in [0.25, 0.3) is 5.69 Å². The maximum absolute atomic E-state index is 13.5. The predicted molar refractivity (Wildman–Crippen MR) is 160 cm³/mol. The van der Waals surface area contributed by atoms with E-state index < -0.39 is 22.8 Å². The Bertz CT molecular complexity index is 1520. The Hall–Kier alpha value is -5.25. The number of hydrogen-bond donors (Lipinski definition) is 2. The van der Waals surface area contributed by atoms with Crippen molar-refractivity contribution in [2.75, 3.05) is 18.5 Å². The van der Waals surface area contributed by atoms with Crippen LogP contribution in [0.4, 0.5) is 16.2 Å². The molecule has 0 bridgehead atoms. The van der Waals surface area contributed by atoms with Gasteiger partial charge in [0.05, 0.1) is 28.8 Å². The number of non-ortho nitro benzene ring substituents is 1. The van der Waals surface area contributed by atoms with E-state index in [0.717, 1.165) is 18.4 Å². The highest BCUT2D eigenvalue weighted by Gasteiger charge is 2.38. The van der Waals surface area contributed by atoms with Crippen molar-refractivity contribution in [3.8, 4) is 0 Å². The van der Waals surface area contributed by atoms with Gasteiger partial charge in [-0.25, -0.2) is 9.59 Å². The van der Waals surface area contributed by atoms with Gasteiger partial charge < -0.3 is 15.4 Å². The molecule has 0 spiro atoms. The van der Waals surface area contributed by atoms with Gasteiger partial charge in [-0.05, 0) is 60.4 Å². The Balaban J connectivity index is 1.67. The number of amides is 3. The van der Waals surface area contributed by atoms with E-state index in [1.54, 1.807) is 54.3 Å². The van der Waals surface area contributed by atoms with E-state index in [9.17, 15) is 24.5 Å². The minimum Gasteiger partial charge on any atom is -0.463 e. The van der Waals surface area contributed by atoms with E-state index in [1.807, 2.05) is 37.3 Å². The lowest BCUT2D eigenvalue weighted by Crippen LogP contribution is -2.48. The van der Waals surface area contributed by atoms with Crippen LogP contribution in [-0.4, -0.2) is 40.9 Å². The van der Waals surface area contributed by atoms with Crippen LogP contribution < -0.4 is 10.6 Å². The highest BCUT2D eigenvalue weighted by atomic mass is 16.6. The molecule has 216 valence electrons. The number of nitrogens with zero attached hydrogens (tertiary/aromatic N) is 2. The minimum atomic E-state index is -0.822. The van der Waals surface area contributed by atoms with E-state index in [0.29, 0.717) is 34.6 Å². The zero-order chi connectivity index (χ0) is 30.1. The molecule has 4 rings (SSSR count). The summed E-state index contributed by atoms with van der Waals surface area (Å²) in [7, 11) is 0. The molecular formula is C32H32N4O6. The number of ether oxygens (including phenoxy) is 1. The van der Waals surface area contributed by atoms with E-state index in [1.165, 1.54) is 18.2 Å². The highest BCUT2D eigenvalue weighted by Crippen LogP contribution is 2.37. The lowest BCUT2D eigenvalue weighted by molar-refractivity contribution is -0.384. The second-order valence-electron chi connectivity index (χ2n) is 9.53. The van der Waals surface area contributed by atoms with E-state index in [2.05, 4.69) is 10.6 Å². The maximum Gasteiger partial charge on any atom is 0.338 e. The zero-order valence-corrected chi connectivity index (χ0v) is 23.4. The van der Waals surface area contributed by atoms with Gasteiger partial charge in [0.15, 0.2) is 0 Å². The number of nitrogens with one attached hydrogen (secondary N) is 2. The van der Waals surface area contributed by atoms with Gasteiger partial charge in [-0.3, -0.25) is 19.8 Å². The summed E-state index contributed by atoms with van der Waals surface area (Å²) in [5.41, 5.74) is 3.16. The van der Waals surface area contributed by atoms with Gasteiger partial charge >= 0.3 is 12.0 Å². The Morgan fingerprint density at radius 1 is 1.05 bits per heavy atom. The first-order valence-corrected chi connectivity index (χ1v) is 13.7. The molecule has 10 nitrogen and oxygen atoms in total. The molecule has 3 aromatic rings. The first-order chi connectivity index (χ1) is 20.3. The van der Waals surface area contributed by atoms with Gasteiger partial charge in [-0.15, -0.1) is 0 Å². The molecule has 3 amide bonds. The average molecular weight is 569 g/mol. The number of anilines is 1. The molecule has 0 aromatic heterocycles. The highest BCUT2D eigenvalue weighted by molar-refractivity contribution is 6.05. The quantitative estimate of drug-likeness (QED) is 0.125. The third kappa shape index (κ3) is 7.08. The second kappa shape index (κ2) is 13.9. The number of urea groups is 1. The summed E-state index contributed by atoms with van der Waals surface area (Å²) < 4.78 is 5.47. The molecule has 0 radical (unpaired) electrons. The number of hydrogen-bond acceptors (Lipinski definition) is 6. The summed E-state index contributed by atoms with van der Waals surface area (Å²) >= 11 is 0. The number of rotatable bonds is 11. The lowest BCUT2D eigenvalue weighted by atomic mass is 9.91. The number of esters is 1. The van der Waals surface area contributed by atoms with Crippen molar-refractivity contribution < 1.29 is 24.0 Å². The monoisotopic (exact) mass is 568 g/mol. The maximum atomic E-state index is 13.5. The van der Waals surface area contributed by atoms with Crippen LogP contribution in [0.15, 0.2) is 90.5 Å². The van der Waals surface area contributed by atoms with Gasteiger partial charge in [-0.2, -0.15) is 0 Å². The van der Waals surface area contributed by atoms with Crippen LogP contribution in [0.25, 0.3) is 11.8 Å². The summed E-state index contributed by atoms with van der Waals surface area (Å²) in [5, 5.41) is 16.6. The van der Waals surface area contributed by atoms with Crippen LogP contribution >= 0.6 is 0 Å². The minimum absolute atomic E-state index is 0.0386. The summed E-state index contributed by atoms with van der Waals surface area (Å²) in [6.45, 7) is 4.35. The Labute approximate surface area is 243 Å². The summed E-state index contributed by atoms with van der Waals surface area (Å²) in [4.78, 5) is 51.5. The van der Waals surface area contributed by atoms with Gasteiger partial charge in [0.2, 0.25) is 5.91 Å². The number of nitro groups is 1. The van der Waals surface area contributed by atoms with Crippen molar-refractivity contribution in [2.24, 2.45) is 0 Å². The van der Waals surface area contributed by atoms with E-state index in [-0.39, 0.29) is 18.3 Å². The lowest BCUT2D eigenvalue weighted by Gasteiger charge is -2.37. The molecule has 1 aliphatic rings. The van der Waals surface area contributed by atoms with Crippen molar-refractivity contribution in [1.29, 1.82) is 0 Å². The van der Waals surface area contributed by atoms with Crippen molar-refractivity contribution in [2.45, 2.75) is 32.7 Å². The van der Waals surface area contributed by atoms with Gasteiger partial charge in [0.1, 0.15) is 0 Å². The fraction of sp³-hybridized carbons (Fsp3) is 0.219. The van der Waals surface area contributed by atoms with Crippen molar-refractivity contribution >= 4 is 41.1 Å². The molecule has 1 unspecified atom stereocenters. The molecule has 0 saturated heterocycles.